The number of nitrogens with one attached hydrogen (secondary N) is 1. The van der Waals surface area contributed by atoms with Crippen molar-refractivity contribution < 1.29 is 23.9 Å². The molecule has 1 aromatic heterocycles. The largest absolute Gasteiger partial charge is 0.475 e. The second kappa shape index (κ2) is 9.26. The van der Waals surface area contributed by atoms with E-state index in [9.17, 15) is 18.8 Å². The summed E-state index contributed by atoms with van der Waals surface area (Å²) in [5, 5.41) is 16.0. The molecule has 2 aromatic rings. The van der Waals surface area contributed by atoms with Crippen LogP contribution in [0.3, 0.4) is 0 Å². The van der Waals surface area contributed by atoms with Gasteiger partial charge in [0.05, 0.1) is 0 Å². The number of carbonyl (C=O) groups excluding carboxylic acids is 2. The number of carboxylic acids is 1. The number of allylic oxidation sites excluding steroid dienone is 1. The number of hydrogen-bond donors (Lipinski definition) is 3. The molecule has 0 aliphatic carbocycles. The Morgan fingerprint density at radius 1 is 1.16 bits per heavy atom. The van der Waals surface area contributed by atoms with E-state index in [0.29, 0.717) is 12.1 Å². The molecule has 31 heavy (non-hydrogen) atoms. The molecule has 0 saturated heterocycles. The van der Waals surface area contributed by atoms with Crippen LogP contribution in [0.2, 0.25) is 0 Å². The van der Waals surface area contributed by atoms with Gasteiger partial charge >= 0.3 is 5.97 Å². The SMILES string of the molecule is CC1=C2NC(C(=O)O)=NN2C(=O)C(Cc2ccc(F)cc2)C1=O.NCc1ccncc1. The number of carboxylic acid groups (broad SMARTS) is 1. The molecule has 0 fully saturated rings. The maximum Gasteiger partial charge on any atom is 0.373 e. The minimum atomic E-state index is -1.32. The van der Waals surface area contributed by atoms with Gasteiger partial charge in [0.1, 0.15) is 17.6 Å². The number of rotatable bonds is 4. The molecule has 1 atom stereocenters. The molecule has 2 aliphatic heterocycles. The first kappa shape index (κ1) is 21.8. The van der Waals surface area contributed by atoms with Gasteiger partial charge < -0.3 is 16.2 Å². The molecule has 9 nitrogen and oxygen atoms in total. The fourth-order valence-corrected chi connectivity index (χ4v) is 3.04. The van der Waals surface area contributed by atoms with E-state index in [-0.39, 0.29) is 17.8 Å². The molecule has 0 spiro atoms. The predicted octanol–water partition coefficient (Wildman–Crippen LogP) is 1.17. The molecule has 1 unspecified atom stereocenters. The highest BCUT2D eigenvalue weighted by atomic mass is 19.1. The Bertz CT molecular complexity index is 1070. The van der Waals surface area contributed by atoms with Crippen LogP contribution in [0, 0.1) is 11.7 Å². The fourth-order valence-electron chi connectivity index (χ4n) is 3.04. The number of nitrogens with zero attached hydrogens (tertiary/aromatic N) is 3. The van der Waals surface area contributed by atoms with Crippen LogP contribution in [0.5, 0.6) is 0 Å². The molecule has 1 aromatic carbocycles. The van der Waals surface area contributed by atoms with Crippen molar-refractivity contribution in [2.45, 2.75) is 19.9 Å². The molecule has 0 bridgehead atoms. The fraction of sp³-hybridized carbons (Fsp3) is 0.190. The maximum absolute atomic E-state index is 12.9. The average molecular weight is 425 g/mol. The Kier molecular flexibility index (Phi) is 6.51. The van der Waals surface area contributed by atoms with Gasteiger partial charge in [0.15, 0.2) is 5.78 Å². The van der Waals surface area contributed by atoms with E-state index in [0.717, 1.165) is 10.6 Å². The van der Waals surface area contributed by atoms with Crippen LogP contribution >= 0.6 is 0 Å². The van der Waals surface area contributed by atoms with Crippen molar-refractivity contribution in [1.29, 1.82) is 0 Å². The molecule has 1 amide bonds. The third-order valence-corrected chi connectivity index (χ3v) is 4.74. The van der Waals surface area contributed by atoms with Gasteiger partial charge in [-0.25, -0.2) is 9.18 Å². The normalized spacial score (nSPS) is 17.5. The number of ketones is 1. The molecule has 4 N–H and O–H groups in total. The molecule has 4 rings (SSSR count). The number of halogens is 1. The van der Waals surface area contributed by atoms with Crippen molar-refractivity contribution in [2.24, 2.45) is 16.8 Å². The summed E-state index contributed by atoms with van der Waals surface area (Å²) in [6.45, 7) is 2.10. The summed E-state index contributed by atoms with van der Waals surface area (Å²) in [6, 6.07) is 9.30. The Hall–Kier alpha value is -3.92. The molecule has 0 saturated carbocycles. The summed E-state index contributed by atoms with van der Waals surface area (Å²) < 4.78 is 12.9. The lowest BCUT2D eigenvalue weighted by Gasteiger charge is -2.27. The van der Waals surface area contributed by atoms with E-state index in [1.807, 2.05) is 12.1 Å². The average Bonchev–Trinajstić information content (AvgIpc) is 3.24. The number of hydrogen-bond acceptors (Lipinski definition) is 7. The number of carbonyl (C=O) groups is 3. The van der Waals surface area contributed by atoms with E-state index >= 15 is 0 Å². The van der Waals surface area contributed by atoms with Crippen LogP contribution in [0.1, 0.15) is 18.1 Å². The van der Waals surface area contributed by atoms with E-state index in [1.54, 1.807) is 12.4 Å². The lowest BCUT2D eigenvalue weighted by molar-refractivity contribution is -0.140. The highest BCUT2D eigenvalue weighted by Crippen LogP contribution is 2.28. The first-order chi connectivity index (χ1) is 14.8. The first-order valence-electron chi connectivity index (χ1n) is 9.33. The van der Waals surface area contributed by atoms with E-state index < -0.39 is 35.2 Å². The third-order valence-electron chi connectivity index (χ3n) is 4.74. The topological polar surface area (TPSA) is 138 Å². The third kappa shape index (κ3) is 4.81. The Balaban J connectivity index is 0.000000287. The number of nitrogens with two attached hydrogens (primary N) is 1. The zero-order valence-electron chi connectivity index (χ0n) is 16.6. The monoisotopic (exact) mass is 425 g/mol. The van der Waals surface area contributed by atoms with Crippen LogP contribution < -0.4 is 11.1 Å². The predicted molar refractivity (Wildman–Crippen MR) is 108 cm³/mol. The van der Waals surface area contributed by atoms with Crippen LogP contribution in [0.4, 0.5) is 4.39 Å². The van der Waals surface area contributed by atoms with Crippen molar-refractivity contribution in [3.63, 3.8) is 0 Å². The van der Waals surface area contributed by atoms with Gasteiger partial charge in [-0.1, -0.05) is 12.1 Å². The summed E-state index contributed by atoms with van der Waals surface area (Å²) in [5.74, 6) is -4.09. The number of amides is 1. The Morgan fingerprint density at radius 2 is 1.81 bits per heavy atom. The van der Waals surface area contributed by atoms with E-state index in [2.05, 4.69) is 15.4 Å². The maximum atomic E-state index is 12.9. The number of benzene rings is 1. The van der Waals surface area contributed by atoms with E-state index in [1.165, 1.54) is 31.2 Å². The van der Waals surface area contributed by atoms with Gasteiger partial charge in [-0.3, -0.25) is 14.6 Å². The number of Topliss-reactive ketones (excluding diaryl/α,β-unsaturated/α-hetero) is 1. The van der Waals surface area contributed by atoms with Gasteiger partial charge in [0, 0.05) is 24.5 Å². The number of hydrazone groups is 1. The number of aromatic nitrogens is 1. The summed E-state index contributed by atoms with van der Waals surface area (Å²) in [6.07, 6.45) is 3.57. The minimum absolute atomic E-state index is 0.0766. The molecule has 0 radical (unpaired) electrons. The number of fused-ring (bicyclic) bond motifs is 1. The first-order valence-corrected chi connectivity index (χ1v) is 9.33. The molecule has 160 valence electrons. The Morgan fingerprint density at radius 3 is 2.35 bits per heavy atom. The molecule has 3 heterocycles. The lowest BCUT2D eigenvalue weighted by Crippen LogP contribution is -2.43. The second-order valence-corrected chi connectivity index (χ2v) is 6.81. The smallest absolute Gasteiger partial charge is 0.373 e. The zero-order chi connectivity index (χ0) is 22.5. The van der Waals surface area contributed by atoms with Crippen molar-refractivity contribution in [3.05, 3.63) is 77.1 Å². The van der Waals surface area contributed by atoms with Gasteiger partial charge in [-0.05, 0) is 48.7 Å². The minimum Gasteiger partial charge on any atom is -0.475 e. The summed E-state index contributed by atoms with van der Waals surface area (Å²) >= 11 is 0. The van der Waals surface area contributed by atoms with Crippen LogP contribution in [-0.2, 0) is 27.3 Å². The van der Waals surface area contributed by atoms with Crippen molar-refractivity contribution >= 4 is 23.5 Å². The zero-order valence-corrected chi connectivity index (χ0v) is 16.6. The Labute approximate surface area is 177 Å². The van der Waals surface area contributed by atoms with Crippen molar-refractivity contribution in [2.75, 3.05) is 0 Å². The van der Waals surface area contributed by atoms with Crippen LogP contribution in [0.25, 0.3) is 0 Å². The quantitative estimate of drug-likeness (QED) is 0.625. The van der Waals surface area contributed by atoms with Crippen LogP contribution in [-0.4, -0.2) is 38.6 Å². The summed E-state index contributed by atoms with van der Waals surface area (Å²) in [7, 11) is 0. The van der Waals surface area contributed by atoms with Gasteiger partial charge in [-0.15, -0.1) is 5.10 Å². The van der Waals surface area contributed by atoms with Gasteiger partial charge in [-0.2, -0.15) is 5.01 Å². The van der Waals surface area contributed by atoms with Gasteiger partial charge in [0.2, 0.25) is 5.84 Å². The lowest BCUT2D eigenvalue weighted by atomic mass is 9.88. The number of amidine groups is 1. The van der Waals surface area contributed by atoms with Crippen molar-refractivity contribution in [1.82, 2.24) is 15.3 Å². The van der Waals surface area contributed by atoms with Crippen molar-refractivity contribution in [3.8, 4) is 0 Å². The molecular formula is C21H20FN5O4. The molecule has 10 heteroatoms. The highest BCUT2D eigenvalue weighted by molar-refractivity contribution is 6.36. The molecular weight excluding hydrogens is 405 g/mol. The summed E-state index contributed by atoms with van der Waals surface area (Å²) in [4.78, 5) is 39.7. The van der Waals surface area contributed by atoms with Crippen LogP contribution in [0.15, 0.2) is 65.3 Å². The number of aliphatic carboxylic acids is 1. The highest BCUT2D eigenvalue weighted by Gasteiger charge is 2.43. The van der Waals surface area contributed by atoms with Gasteiger partial charge in [0.25, 0.3) is 5.91 Å². The molecule has 2 aliphatic rings. The summed E-state index contributed by atoms with van der Waals surface area (Å²) in [5.41, 5.74) is 7.31. The number of pyridine rings is 1. The standard InChI is InChI=1S/C15H12FN3O4.C6H8N2/c1-7-11(20)10(6-8-2-4-9(16)5-3-8)14(21)19-13(7)17-12(18-19)15(22)23;7-5-6-1-3-8-4-2-6/h2-5,10H,6H2,1H3,(H,17,18)(H,22,23);1-4H,5,7H2. The van der Waals surface area contributed by atoms with E-state index in [4.69, 9.17) is 10.8 Å². The second-order valence-electron chi connectivity index (χ2n) is 6.81.